The standard InChI is InChI=1S/C24H22N2O4/c1-13-21-22(16-8-4-6-10-20(16)29-2)23-17(25-24(21)30-26-13)11-14(12-19(23)28)15-7-3-5-9-18(15)27/h3-10,14,22,25,27H,11-12H2,1-2H3/t14-,22+/m0/s1. The van der Waals surface area contributed by atoms with E-state index >= 15 is 0 Å². The molecule has 0 spiro atoms. The number of nitrogens with zero attached hydrogens (tertiary/aromatic N) is 1. The molecule has 2 N–H and O–H groups in total. The van der Waals surface area contributed by atoms with Crippen molar-refractivity contribution in [1.29, 1.82) is 0 Å². The molecule has 2 atom stereocenters. The zero-order valence-electron chi connectivity index (χ0n) is 16.8. The van der Waals surface area contributed by atoms with Gasteiger partial charge in [-0.25, -0.2) is 0 Å². The van der Waals surface area contributed by atoms with Crippen LogP contribution in [0.5, 0.6) is 11.5 Å². The van der Waals surface area contributed by atoms with E-state index in [-0.39, 0.29) is 23.4 Å². The first kappa shape index (κ1) is 18.5. The van der Waals surface area contributed by atoms with Gasteiger partial charge in [-0.15, -0.1) is 0 Å². The van der Waals surface area contributed by atoms with Gasteiger partial charge in [-0.3, -0.25) is 4.79 Å². The Morgan fingerprint density at radius 3 is 2.60 bits per heavy atom. The number of anilines is 1. The number of phenols is 1. The lowest BCUT2D eigenvalue weighted by molar-refractivity contribution is -0.116. The van der Waals surface area contributed by atoms with E-state index in [9.17, 15) is 9.90 Å². The van der Waals surface area contributed by atoms with Crippen molar-refractivity contribution >= 4 is 11.7 Å². The summed E-state index contributed by atoms with van der Waals surface area (Å²) in [5, 5.41) is 17.8. The fourth-order valence-electron chi connectivity index (χ4n) is 4.74. The van der Waals surface area contributed by atoms with Gasteiger partial charge < -0.3 is 19.7 Å². The molecule has 0 radical (unpaired) electrons. The third-order valence-corrected chi connectivity index (χ3v) is 6.08. The number of ketones is 1. The highest BCUT2D eigenvalue weighted by Gasteiger charge is 2.42. The van der Waals surface area contributed by atoms with Gasteiger partial charge in [0.05, 0.1) is 24.3 Å². The lowest BCUT2D eigenvalue weighted by Crippen LogP contribution is -2.29. The van der Waals surface area contributed by atoms with Gasteiger partial charge in [0, 0.05) is 29.2 Å². The van der Waals surface area contributed by atoms with Crippen LogP contribution >= 0.6 is 0 Å². The number of allylic oxidation sites excluding steroid dienone is 2. The zero-order valence-corrected chi connectivity index (χ0v) is 16.8. The Morgan fingerprint density at radius 2 is 1.83 bits per heavy atom. The van der Waals surface area contributed by atoms with Gasteiger partial charge in [-0.2, -0.15) is 0 Å². The number of carbonyl (C=O) groups is 1. The molecule has 2 aliphatic rings. The SMILES string of the molecule is COc1ccccc1[C@H]1C2=C(C[C@H](c3ccccc3O)CC2=O)Nc2onc(C)c21. The molecule has 5 rings (SSSR count). The molecule has 1 aliphatic heterocycles. The van der Waals surface area contributed by atoms with Crippen molar-refractivity contribution in [3.63, 3.8) is 0 Å². The highest BCUT2D eigenvalue weighted by atomic mass is 16.5. The van der Waals surface area contributed by atoms with Crippen LogP contribution in [0.2, 0.25) is 0 Å². The lowest BCUT2D eigenvalue weighted by atomic mass is 9.72. The van der Waals surface area contributed by atoms with Crippen LogP contribution in [0, 0.1) is 6.92 Å². The molecule has 3 aromatic rings. The molecule has 1 aliphatic carbocycles. The fourth-order valence-corrected chi connectivity index (χ4v) is 4.74. The smallest absolute Gasteiger partial charge is 0.233 e. The van der Waals surface area contributed by atoms with Crippen LogP contribution in [0.4, 0.5) is 5.88 Å². The summed E-state index contributed by atoms with van der Waals surface area (Å²) < 4.78 is 11.2. The molecule has 6 nitrogen and oxygen atoms in total. The van der Waals surface area contributed by atoms with Gasteiger partial charge in [0.25, 0.3) is 0 Å². The van der Waals surface area contributed by atoms with Crippen LogP contribution in [-0.2, 0) is 4.79 Å². The summed E-state index contributed by atoms with van der Waals surface area (Å²) in [5.41, 5.74) is 4.86. The second-order valence-corrected chi connectivity index (χ2v) is 7.79. The highest BCUT2D eigenvalue weighted by Crippen LogP contribution is 2.51. The first-order chi connectivity index (χ1) is 14.6. The lowest BCUT2D eigenvalue weighted by Gasteiger charge is -2.35. The number of ether oxygens (including phenoxy) is 1. The number of hydrogen-bond acceptors (Lipinski definition) is 6. The van der Waals surface area contributed by atoms with Gasteiger partial charge in [-0.05, 0) is 31.0 Å². The number of rotatable bonds is 3. The van der Waals surface area contributed by atoms with E-state index < -0.39 is 0 Å². The van der Waals surface area contributed by atoms with Crippen molar-refractivity contribution in [1.82, 2.24) is 5.16 Å². The van der Waals surface area contributed by atoms with E-state index in [0.29, 0.717) is 18.7 Å². The van der Waals surface area contributed by atoms with Crippen LogP contribution in [0.25, 0.3) is 0 Å². The predicted molar refractivity (Wildman–Crippen MR) is 112 cm³/mol. The van der Waals surface area contributed by atoms with Gasteiger partial charge in [0.15, 0.2) is 5.78 Å². The number of aromatic nitrogens is 1. The highest BCUT2D eigenvalue weighted by molar-refractivity contribution is 6.01. The third kappa shape index (κ3) is 2.79. The molecular formula is C24H22N2O4. The Balaban J connectivity index is 1.66. The maximum Gasteiger partial charge on any atom is 0.233 e. The first-order valence-corrected chi connectivity index (χ1v) is 9.98. The monoisotopic (exact) mass is 402 g/mol. The van der Waals surface area contributed by atoms with Crippen LogP contribution in [0.3, 0.4) is 0 Å². The van der Waals surface area contributed by atoms with Crippen molar-refractivity contribution < 1.29 is 19.2 Å². The number of carbonyl (C=O) groups excluding carboxylic acids is 1. The fraction of sp³-hybridized carbons (Fsp3) is 0.250. The van der Waals surface area contributed by atoms with E-state index in [4.69, 9.17) is 9.26 Å². The number of hydrogen-bond donors (Lipinski definition) is 2. The summed E-state index contributed by atoms with van der Waals surface area (Å²) in [7, 11) is 1.63. The minimum atomic E-state index is -0.309. The summed E-state index contributed by atoms with van der Waals surface area (Å²) in [6, 6.07) is 15.0. The first-order valence-electron chi connectivity index (χ1n) is 9.98. The van der Waals surface area contributed by atoms with Crippen LogP contribution in [-0.4, -0.2) is 23.2 Å². The van der Waals surface area contributed by atoms with Gasteiger partial charge >= 0.3 is 0 Å². The van der Waals surface area contributed by atoms with Gasteiger partial charge in [0.2, 0.25) is 5.88 Å². The number of nitrogens with one attached hydrogen (secondary N) is 1. The Bertz CT molecular complexity index is 1180. The quantitative estimate of drug-likeness (QED) is 0.663. The molecule has 152 valence electrons. The molecule has 0 bridgehead atoms. The van der Waals surface area contributed by atoms with E-state index in [1.807, 2.05) is 43.3 Å². The minimum Gasteiger partial charge on any atom is -0.508 e. The van der Waals surface area contributed by atoms with Crippen molar-refractivity contribution in [3.05, 3.63) is 82.2 Å². The number of methoxy groups -OCH3 is 1. The zero-order chi connectivity index (χ0) is 20.8. The molecule has 30 heavy (non-hydrogen) atoms. The van der Waals surface area contributed by atoms with Crippen molar-refractivity contribution in [2.45, 2.75) is 31.6 Å². The summed E-state index contributed by atoms with van der Waals surface area (Å²) in [6.45, 7) is 1.89. The molecule has 2 heterocycles. The van der Waals surface area contributed by atoms with Gasteiger partial charge in [-0.1, -0.05) is 41.6 Å². The number of aryl methyl sites for hydroxylation is 1. The number of phenolic OH excluding ortho intramolecular Hbond substituents is 1. The molecule has 0 saturated carbocycles. The number of aromatic hydroxyl groups is 1. The average Bonchev–Trinajstić information content (AvgIpc) is 3.13. The number of fused-ring (bicyclic) bond motifs is 1. The molecular weight excluding hydrogens is 380 g/mol. The van der Waals surface area contributed by atoms with E-state index in [1.165, 1.54) is 0 Å². The number of Topliss-reactive ketones (excluding diaryl/α,β-unsaturated/α-hetero) is 1. The molecule has 0 fully saturated rings. The predicted octanol–water partition coefficient (Wildman–Crippen LogP) is 4.66. The topological polar surface area (TPSA) is 84.6 Å². The average molecular weight is 402 g/mol. The molecule has 2 aromatic carbocycles. The van der Waals surface area contributed by atoms with E-state index in [2.05, 4.69) is 10.5 Å². The van der Waals surface area contributed by atoms with Crippen LogP contribution in [0.15, 0.2) is 64.3 Å². The van der Waals surface area contributed by atoms with E-state index in [1.54, 1.807) is 19.2 Å². The van der Waals surface area contributed by atoms with Crippen molar-refractivity contribution in [2.75, 3.05) is 12.4 Å². The maximum atomic E-state index is 13.5. The van der Waals surface area contributed by atoms with Crippen LogP contribution < -0.4 is 10.1 Å². The Hall–Kier alpha value is -3.54. The normalized spacial score (nSPS) is 20.4. The van der Waals surface area contributed by atoms with Gasteiger partial charge in [0.1, 0.15) is 11.5 Å². The minimum absolute atomic E-state index is 0.0548. The summed E-state index contributed by atoms with van der Waals surface area (Å²) in [6.07, 6.45) is 0.937. The van der Waals surface area contributed by atoms with Crippen LogP contribution in [0.1, 0.15) is 47.1 Å². The van der Waals surface area contributed by atoms with Crippen molar-refractivity contribution in [2.24, 2.45) is 0 Å². The summed E-state index contributed by atoms with van der Waals surface area (Å²) >= 11 is 0. The molecule has 0 saturated heterocycles. The van der Waals surface area contributed by atoms with E-state index in [0.717, 1.165) is 39.4 Å². The largest absolute Gasteiger partial charge is 0.508 e. The number of para-hydroxylation sites is 2. The molecule has 0 amide bonds. The Kier molecular flexibility index (Phi) is 4.35. The Morgan fingerprint density at radius 1 is 1.10 bits per heavy atom. The van der Waals surface area contributed by atoms with Crippen molar-refractivity contribution in [3.8, 4) is 11.5 Å². The maximum absolute atomic E-state index is 13.5. The second kappa shape index (κ2) is 7.06. The summed E-state index contributed by atoms with van der Waals surface area (Å²) in [5.74, 6) is 1.14. The Labute approximate surface area is 174 Å². The third-order valence-electron chi connectivity index (χ3n) is 6.08. The second-order valence-electron chi connectivity index (χ2n) is 7.79. The summed E-state index contributed by atoms with van der Waals surface area (Å²) in [4.78, 5) is 13.5. The molecule has 6 heteroatoms. The number of benzene rings is 2. The molecule has 1 aromatic heterocycles. The molecule has 0 unspecified atom stereocenters.